The van der Waals surface area contributed by atoms with Gasteiger partial charge in [0.25, 0.3) is 5.56 Å². The first-order valence-corrected chi connectivity index (χ1v) is 14.0. The number of aromatic nitrogens is 6. The molecule has 0 amide bonds. The summed E-state index contributed by atoms with van der Waals surface area (Å²) >= 11 is 0. The van der Waals surface area contributed by atoms with E-state index in [2.05, 4.69) is 56.5 Å². The molecule has 1 N–H and O–H groups in total. The lowest BCUT2D eigenvalue weighted by Gasteiger charge is -2.28. The van der Waals surface area contributed by atoms with Crippen LogP contribution in [0.4, 0.5) is 0 Å². The third-order valence-corrected chi connectivity index (χ3v) is 7.55. The summed E-state index contributed by atoms with van der Waals surface area (Å²) in [5.74, 6) is 0.363. The van der Waals surface area contributed by atoms with Crippen molar-refractivity contribution < 1.29 is 9.53 Å². The predicted molar refractivity (Wildman–Crippen MR) is 149 cm³/mol. The second-order valence-electron chi connectivity index (χ2n) is 10.1. The van der Waals surface area contributed by atoms with E-state index in [4.69, 9.17) is 4.74 Å². The zero-order valence-electron chi connectivity index (χ0n) is 22.7. The fraction of sp³-hybridized carbons (Fsp3) is 0.433. The molecule has 0 radical (unpaired) electrons. The minimum absolute atomic E-state index is 0.0220. The summed E-state index contributed by atoms with van der Waals surface area (Å²) in [4.78, 5) is 25.9. The molecule has 0 fully saturated rings. The Hall–Kier alpha value is -4.01. The minimum Gasteiger partial charge on any atom is -0.466 e. The Morgan fingerprint density at radius 2 is 1.90 bits per heavy atom. The van der Waals surface area contributed by atoms with E-state index in [9.17, 15) is 9.59 Å². The number of ether oxygens (including phenoxy) is 1. The zero-order valence-corrected chi connectivity index (χ0v) is 22.7. The van der Waals surface area contributed by atoms with E-state index in [1.165, 1.54) is 0 Å². The molecule has 0 saturated heterocycles. The van der Waals surface area contributed by atoms with Crippen molar-refractivity contribution in [3.63, 3.8) is 0 Å². The average molecular weight is 529 g/mol. The maximum Gasteiger partial charge on any atom is 0.305 e. The first kappa shape index (κ1) is 26.6. The Bertz CT molecular complexity index is 1450. The fourth-order valence-corrected chi connectivity index (χ4v) is 5.66. The molecule has 204 valence electrons. The maximum absolute atomic E-state index is 13.9. The van der Waals surface area contributed by atoms with Gasteiger partial charge < -0.3 is 4.74 Å². The fourth-order valence-electron chi connectivity index (χ4n) is 5.66. The standard InChI is InChI=1S/C30H36N6O3/c1-3-5-12-27-26(30(38)36-23(9-8-19-35(27)36)17-18-28(37)39-4-2)20-21-13-15-22(16-14-21)24-10-6-7-11-25(24)29-31-33-34-32-29/h6-7,10-11,13-16,23H,3-5,8-9,12,17-20H2,1-2H3,(H,31,32,33,34). The molecule has 4 aromatic rings. The number of nitrogens with one attached hydrogen (secondary N) is 1. The molecule has 2 aromatic carbocycles. The lowest BCUT2D eigenvalue weighted by Crippen LogP contribution is -2.33. The Balaban J connectivity index is 1.43. The highest BCUT2D eigenvalue weighted by Gasteiger charge is 2.28. The molecule has 0 spiro atoms. The number of tetrazole rings is 1. The van der Waals surface area contributed by atoms with Gasteiger partial charge in [0.2, 0.25) is 5.82 Å². The molecule has 5 rings (SSSR count). The van der Waals surface area contributed by atoms with Gasteiger partial charge in [-0.25, -0.2) is 4.68 Å². The van der Waals surface area contributed by atoms with Crippen LogP contribution in [0.25, 0.3) is 22.5 Å². The van der Waals surface area contributed by atoms with Gasteiger partial charge in [-0.1, -0.05) is 61.9 Å². The number of carbonyl (C=O) groups is 1. The van der Waals surface area contributed by atoms with Crippen molar-refractivity contribution in [1.82, 2.24) is 30.0 Å². The van der Waals surface area contributed by atoms with Crippen LogP contribution in [0.15, 0.2) is 53.3 Å². The Morgan fingerprint density at radius 1 is 1.10 bits per heavy atom. The van der Waals surface area contributed by atoms with E-state index < -0.39 is 0 Å². The lowest BCUT2D eigenvalue weighted by molar-refractivity contribution is -0.143. The number of unbranched alkanes of at least 4 members (excludes halogenated alkanes) is 1. The van der Waals surface area contributed by atoms with Gasteiger partial charge in [0.15, 0.2) is 0 Å². The van der Waals surface area contributed by atoms with Crippen molar-refractivity contribution in [2.45, 2.75) is 77.8 Å². The molecular formula is C30H36N6O3. The van der Waals surface area contributed by atoms with Crippen molar-refractivity contribution in [2.24, 2.45) is 0 Å². The Morgan fingerprint density at radius 3 is 2.62 bits per heavy atom. The normalized spacial score (nSPS) is 14.8. The van der Waals surface area contributed by atoms with Crippen LogP contribution in [0.5, 0.6) is 0 Å². The highest BCUT2D eigenvalue weighted by atomic mass is 16.5. The molecule has 1 aliphatic rings. The number of hydrogen-bond donors (Lipinski definition) is 1. The van der Waals surface area contributed by atoms with Gasteiger partial charge in [0.05, 0.1) is 12.6 Å². The Labute approximate surface area is 228 Å². The molecule has 1 atom stereocenters. The largest absolute Gasteiger partial charge is 0.466 e. The van der Waals surface area contributed by atoms with Gasteiger partial charge >= 0.3 is 5.97 Å². The van der Waals surface area contributed by atoms with Crippen molar-refractivity contribution in [2.75, 3.05) is 6.61 Å². The number of H-pyrrole nitrogens is 1. The molecule has 0 saturated carbocycles. The van der Waals surface area contributed by atoms with Gasteiger partial charge in [0.1, 0.15) is 0 Å². The van der Waals surface area contributed by atoms with Crippen molar-refractivity contribution in [3.8, 4) is 22.5 Å². The van der Waals surface area contributed by atoms with Crippen LogP contribution in [0.2, 0.25) is 0 Å². The summed E-state index contributed by atoms with van der Waals surface area (Å²) in [7, 11) is 0. The predicted octanol–water partition coefficient (Wildman–Crippen LogP) is 5.11. The van der Waals surface area contributed by atoms with Gasteiger partial charge in [-0.2, -0.15) is 5.21 Å². The monoisotopic (exact) mass is 528 g/mol. The van der Waals surface area contributed by atoms with E-state index in [0.29, 0.717) is 31.7 Å². The van der Waals surface area contributed by atoms with Crippen molar-refractivity contribution in [1.29, 1.82) is 0 Å². The third kappa shape index (κ3) is 5.72. The molecule has 2 aromatic heterocycles. The minimum atomic E-state index is -0.193. The Kier molecular flexibility index (Phi) is 8.34. The number of aromatic amines is 1. The highest BCUT2D eigenvalue weighted by Crippen LogP contribution is 2.31. The van der Waals surface area contributed by atoms with Gasteiger partial charge in [-0.3, -0.25) is 14.3 Å². The lowest BCUT2D eigenvalue weighted by atomic mass is 9.96. The van der Waals surface area contributed by atoms with E-state index >= 15 is 0 Å². The topological polar surface area (TPSA) is 108 Å². The number of benzene rings is 2. The number of rotatable bonds is 11. The second-order valence-corrected chi connectivity index (χ2v) is 10.1. The van der Waals surface area contributed by atoms with E-state index in [0.717, 1.165) is 72.2 Å². The van der Waals surface area contributed by atoms with Crippen LogP contribution >= 0.6 is 0 Å². The van der Waals surface area contributed by atoms with Crippen LogP contribution in [-0.4, -0.2) is 42.6 Å². The van der Waals surface area contributed by atoms with Crippen molar-refractivity contribution in [3.05, 3.63) is 75.7 Å². The molecule has 0 bridgehead atoms. The summed E-state index contributed by atoms with van der Waals surface area (Å²) in [5.41, 5.74) is 6.20. The van der Waals surface area contributed by atoms with Gasteiger partial charge in [0, 0.05) is 36.2 Å². The van der Waals surface area contributed by atoms with Crippen molar-refractivity contribution >= 4 is 5.97 Å². The molecule has 9 heteroatoms. The molecule has 3 heterocycles. The maximum atomic E-state index is 13.9. The smallest absolute Gasteiger partial charge is 0.305 e. The molecule has 1 aliphatic heterocycles. The van der Waals surface area contributed by atoms with Gasteiger partial charge in [-0.15, -0.1) is 10.2 Å². The number of hydrogen-bond acceptors (Lipinski definition) is 6. The molecule has 9 nitrogen and oxygen atoms in total. The molecule has 1 unspecified atom stereocenters. The summed E-state index contributed by atoms with van der Waals surface area (Å²) in [6.45, 7) is 5.22. The molecular weight excluding hydrogens is 492 g/mol. The zero-order chi connectivity index (χ0) is 27.2. The van der Waals surface area contributed by atoms with Gasteiger partial charge in [-0.05, 0) is 60.9 Å². The molecule has 0 aliphatic carbocycles. The summed E-state index contributed by atoms with van der Waals surface area (Å²) in [6.07, 6.45) is 6.46. The third-order valence-electron chi connectivity index (χ3n) is 7.55. The van der Waals surface area contributed by atoms with Crippen LogP contribution in [0, 0.1) is 0 Å². The number of esters is 1. The van der Waals surface area contributed by atoms with Crippen LogP contribution < -0.4 is 5.56 Å². The molecule has 39 heavy (non-hydrogen) atoms. The number of fused-ring (bicyclic) bond motifs is 1. The highest BCUT2D eigenvalue weighted by molar-refractivity contribution is 5.80. The quantitative estimate of drug-likeness (QED) is 0.271. The summed E-state index contributed by atoms with van der Waals surface area (Å²) in [6, 6.07) is 16.4. The summed E-state index contributed by atoms with van der Waals surface area (Å²) in [5, 5.41) is 14.5. The second kappa shape index (κ2) is 12.2. The first-order chi connectivity index (χ1) is 19.1. The number of carbonyl (C=O) groups excluding carboxylic acids is 1. The van der Waals surface area contributed by atoms with Crippen LogP contribution in [0.1, 0.15) is 75.2 Å². The van der Waals surface area contributed by atoms with E-state index in [1.54, 1.807) is 0 Å². The average Bonchev–Trinajstić information content (AvgIpc) is 3.59. The SMILES string of the molecule is CCCCc1c(Cc2ccc(-c3ccccc3-c3nn[nH]n3)cc2)c(=O)n2n1CCCC2CCC(=O)OCC. The number of nitrogens with zero attached hydrogens (tertiary/aromatic N) is 5. The van der Waals surface area contributed by atoms with Crippen LogP contribution in [-0.2, 0) is 28.9 Å². The first-order valence-electron chi connectivity index (χ1n) is 14.0. The van der Waals surface area contributed by atoms with E-state index in [-0.39, 0.29) is 17.6 Å². The van der Waals surface area contributed by atoms with Crippen LogP contribution in [0.3, 0.4) is 0 Å². The van der Waals surface area contributed by atoms with E-state index in [1.807, 2.05) is 35.9 Å². The summed E-state index contributed by atoms with van der Waals surface area (Å²) < 4.78 is 9.29.